The molecule has 1 saturated carbocycles. The van der Waals surface area contributed by atoms with Crippen LogP contribution < -0.4 is 0 Å². The Labute approximate surface area is 141 Å². The maximum absolute atomic E-state index is 12.2. The summed E-state index contributed by atoms with van der Waals surface area (Å²) >= 11 is 0. The van der Waals surface area contributed by atoms with Crippen LogP contribution in [-0.4, -0.2) is 80.8 Å². The van der Waals surface area contributed by atoms with Crippen LogP contribution in [0.5, 0.6) is 0 Å². The zero-order chi connectivity index (χ0) is 18.1. The summed E-state index contributed by atoms with van der Waals surface area (Å²) in [5.74, 6) is -0.273. The van der Waals surface area contributed by atoms with Crippen LogP contribution in [0.2, 0.25) is 0 Å². The Kier molecular flexibility index (Phi) is 6.35. The second-order valence-corrected chi connectivity index (χ2v) is 7.27. The Bertz CT molecular complexity index is 438. The fourth-order valence-electron chi connectivity index (χ4n) is 3.41. The Balaban J connectivity index is 1.96. The standard InChI is InChI=1S/C16H28O8/c1-8-3-4-9(10(18)5-8)16(2,22)7-23-15-14(21)13(20)12(19)11(6-17)24-15/h8-9,11-15,17,19-22H,3-7H2,1-2H3. The summed E-state index contributed by atoms with van der Waals surface area (Å²) in [5, 5.41) is 49.1. The van der Waals surface area contributed by atoms with Gasteiger partial charge in [0.1, 0.15) is 30.2 Å². The van der Waals surface area contributed by atoms with Gasteiger partial charge < -0.3 is 35.0 Å². The normalized spacial score (nSPS) is 43.5. The summed E-state index contributed by atoms with van der Waals surface area (Å²) in [6.07, 6.45) is -5.10. The Morgan fingerprint density at radius 2 is 1.88 bits per heavy atom. The maximum Gasteiger partial charge on any atom is 0.186 e. The van der Waals surface area contributed by atoms with E-state index in [9.17, 15) is 25.2 Å². The van der Waals surface area contributed by atoms with Gasteiger partial charge in [0.25, 0.3) is 0 Å². The van der Waals surface area contributed by atoms with Crippen molar-refractivity contribution in [1.82, 2.24) is 0 Å². The number of hydrogen-bond donors (Lipinski definition) is 5. The van der Waals surface area contributed by atoms with Gasteiger partial charge in [-0.3, -0.25) is 4.79 Å². The third-order valence-electron chi connectivity index (χ3n) is 5.03. The van der Waals surface area contributed by atoms with Crippen LogP contribution >= 0.6 is 0 Å². The van der Waals surface area contributed by atoms with Gasteiger partial charge in [-0.25, -0.2) is 0 Å². The molecule has 0 aromatic heterocycles. The SMILES string of the molecule is CC1CCC(C(C)(O)COC2OC(CO)C(O)C(O)C2O)C(=O)C1. The molecule has 0 bridgehead atoms. The van der Waals surface area contributed by atoms with Gasteiger partial charge in [0.05, 0.1) is 18.8 Å². The smallest absolute Gasteiger partial charge is 0.186 e. The van der Waals surface area contributed by atoms with Crippen molar-refractivity contribution in [2.75, 3.05) is 13.2 Å². The van der Waals surface area contributed by atoms with E-state index in [4.69, 9.17) is 14.6 Å². The lowest BCUT2D eigenvalue weighted by Gasteiger charge is -2.41. The van der Waals surface area contributed by atoms with Crippen LogP contribution in [0.3, 0.4) is 0 Å². The molecule has 0 aromatic carbocycles. The number of carbonyl (C=O) groups is 1. The molecular weight excluding hydrogens is 320 g/mol. The van der Waals surface area contributed by atoms with Crippen LogP contribution in [-0.2, 0) is 14.3 Å². The van der Waals surface area contributed by atoms with E-state index in [1.165, 1.54) is 6.92 Å². The summed E-state index contributed by atoms with van der Waals surface area (Å²) in [7, 11) is 0. The van der Waals surface area contributed by atoms with Gasteiger partial charge in [-0.15, -0.1) is 0 Å². The number of ketones is 1. The molecule has 8 unspecified atom stereocenters. The minimum Gasteiger partial charge on any atom is -0.394 e. The van der Waals surface area contributed by atoms with Crippen molar-refractivity contribution in [3.63, 3.8) is 0 Å². The van der Waals surface area contributed by atoms with Gasteiger partial charge >= 0.3 is 0 Å². The van der Waals surface area contributed by atoms with Gasteiger partial charge in [-0.1, -0.05) is 6.92 Å². The highest BCUT2D eigenvalue weighted by Gasteiger charge is 2.46. The van der Waals surface area contributed by atoms with Gasteiger partial charge in [-0.2, -0.15) is 0 Å². The molecule has 2 rings (SSSR count). The van der Waals surface area contributed by atoms with E-state index < -0.39 is 48.8 Å². The van der Waals surface area contributed by atoms with Crippen LogP contribution in [0.1, 0.15) is 33.1 Å². The molecule has 1 saturated heterocycles. The summed E-state index contributed by atoms with van der Waals surface area (Å²) in [6.45, 7) is 2.66. The number of hydrogen-bond acceptors (Lipinski definition) is 8. The molecule has 1 aliphatic carbocycles. The molecular formula is C16H28O8. The number of aliphatic hydroxyl groups is 5. The summed E-state index contributed by atoms with van der Waals surface area (Å²) < 4.78 is 10.6. The molecule has 2 aliphatic rings. The zero-order valence-corrected chi connectivity index (χ0v) is 14.0. The van der Waals surface area contributed by atoms with E-state index in [-0.39, 0.29) is 12.4 Å². The summed E-state index contributed by atoms with van der Waals surface area (Å²) in [4.78, 5) is 12.2. The predicted octanol–water partition coefficient (Wildman–Crippen LogP) is -1.44. The van der Waals surface area contributed by atoms with Crippen molar-refractivity contribution in [3.8, 4) is 0 Å². The maximum atomic E-state index is 12.2. The van der Waals surface area contributed by atoms with Gasteiger partial charge in [-0.05, 0) is 25.7 Å². The molecule has 5 N–H and O–H groups in total. The molecule has 1 heterocycles. The first-order valence-electron chi connectivity index (χ1n) is 8.34. The molecule has 1 aliphatic heterocycles. The number of ether oxygens (including phenoxy) is 2. The Morgan fingerprint density at radius 3 is 2.46 bits per heavy atom. The second kappa shape index (κ2) is 7.74. The van der Waals surface area contributed by atoms with Crippen molar-refractivity contribution in [2.24, 2.45) is 11.8 Å². The Morgan fingerprint density at radius 1 is 1.21 bits per heavy atom. The van der Waals surface area contributed by atoms with Crippen LogP contribution in [0.25, 0.3) is 0 Å². The van der Waals surface area contributed by atoms with E-state index >= 15 is 0 Å². The van der Waals surface area contributed by atoms with Crippen molar-refractivity contribution in [1.29, 1.82) is 0 Å². The van der Waals surface area contributed by atoms with E-state index in [1.54, 1.807) is 0 Å². The molecule has 0 spiro atoms. The highest BCUT2D eigenvalue weighted by molar-refractivity contribution is 5.83. The second-order valence-electron chi connectivity index (χ2n) is 7.27. The van der Waals surface area contributed by atoms with Crippen LogP contribution in [0.15, 0.2) is 0 Å². The first-order valence-corrected chi connectivity index (χ1v) is 8.34. The summed E-state index contributed by atoms with van der Waals surface area (Å²) in [5.41, 5.74) is -1.43. The number of Topliss-reactive ketones (excluding diaryl/α,β-unsaturated/α-hetero) is 1. The number of carbonyl (C=O) groups excluding carboxylic acids is 1. The average molecular weight is 348 g/mol. The van der Waals surface area contributed by atoms with Gasteiger partial charge in [0, 0.05) is 12.3 Å². The highest BCUT2D eigenvalue weighted by atomic mass is 16.7. The molecule has 8 nitrogen and oxygen atoms in total. The van der Waals surface area contributed by atoms with Crippen LogP contribution in [0.4, 0.5) is 0 Å². The molecule has 24 heavy (non-hydrogen) atoms. The highest BCUT2D eigenvalue weighted by Crippen LogP contribution is 2.34. The predicted molar refractivity (Wildman–Crippen MR) is 81.9 cm³/mol. The molecule has 0 radical (unpaired) electrons. The minimum atomic E-state index is -1.54. The molecule has 8 heteroatoms. The number of aliphatic hydroxyl groups excluding tert-OH is 4. The van der Waals surface area contributed by atoms with E-state index in [2.05, 4.69) is 0 Å². The van der Waals surface area contributed by atoms with Crippen molar-refractivity contribution >= 4 is 5.78 Å². The van der Waals surface area contributed by atoms with Crippen molar-refractivity contribution < 1.29 is 39.8 Å². The lowest BCUT2D eigenvalue weighted by Crippen LogP contribution is -2.60. The topological polar surface area (TPSA) is 137 Å². The molecule has 0 aromatic rings. The Hall–Kier alpha value is -0.610. The van der Waals surface area contributed by atoms with Gasteiger partial charge in [0.2, 0.25) is 0 Å². The van der Waals surface area contributed by atoms with E-state index in [1.807, 2.05) is 6.92 Å². The van der Waals surface area contributed by atoms with Crippen molar-refractivity contribution in [3.05, 3.63) is 0 Å². The largest absolute Gasteiger partial charge is 0.394 e. The molecule has 8 atom stereocenters. The third-order valence-corrected chi connectivity index (χ3v) is 5.03. The summed E-state index contributed by atoms with van der Waals surface area (Å²) in [6, 6.07) is 0. The van der Waals surface area contributed by atoms with Crippen molar-refractivity contribution in [2.45, 2.75) is 69.4 Å². The molecule has 140 valence electrons. The van der Waals surface area contributed by atoms with Gasteiger partial charge in [0.15, 0.2) is 6.29 Å². The minimum absolute atomic E-state index is 0.0175. The third kappa shape index (κ3) is 4.13. The lowest BCUT2D eigenvalue weighted by atomic mass is 9.74. The fraction of sp³-hybridized carbons (Fsp3) is 0.938. The average Bonchev–Trinajstić information content (AvgIpc) is 2.51. The quantitative estimate of drug-likeness (QED) is 0.407. The monoisotopic (exact) mass is 348 g/mol. The zero-order valence-electron chi connectivity index (χ0n) is 14.0. The molecule has 0 amide bonds. The van der Waals surface area contributed by atoms with E-state index in [0.717, 1.165) is 6.42 Å². The number of rotatable bonds is 5. The fourth-order valence-corrected chi connectivity index (χ4v) is 3.41. The first kappa shape index (κ1) is 19.7. The van der Waals surface area contributed by atoms with Crippen LogP contribution in [0, 0.1) is 11.8 Å². The van der Waals surface area contributed by atoms with E-state index in [0.29, 0.717) is 18.8 Å². The lowest BCUT2D eigenvalue weighted by molar-refractivity contribution is -0.309. The first-order chi connectivity index (χ1) is 11.2. The molecule has 2 fully saturated rings.